The van der Waals surface area contributed by atoms with Gasteiger partial charge in [-0.15, -0.1) is 0 Å². The topological polar surface area (TPSA) is 84.5 Å². The maximum absolute atomic E-state index is 11.5. The van der Waals surface area contributed by atoms with Crippen molar-refractivity contribution in [2.24, 2.45) is 0 Å². The molecule has 1 unspecified atom stereocenters. The number of ether oxygens (including phenoxy) is 1. The van der Waals surface area contributed by atoms with Crippen molar-refractivity contribution in [3.05, 3.63) is 0 Å². The second-order valence-electron chi connectivity index (χ2n) is 5.01. The Balaban J connectivity index is 1.71. The summed E-state index contributed by atoms with van der Waals surface area (Å²) in [5.74, 6) is -0.0157. The van der Waals surface area contributed by atoms with Crippen LogP contribution < -0.4 is 10.6 Å². The zero-order valence-electron chi connectivity index (χ0n) is 9.86. The molecule has 2 saturated heterocycles. The van der Waals surface area contributed by atoms with E-state index in [-0.39, 0.29) is 35.7 Å². The summed E-state index contributed by atoms with van der Waals surface area (Å²) in [6, 6.07) is -0.247. The highest BCUT2D eigenvalue weighted by molar-refractivity contribution is 7.91. The zero-order valence-corrected chi connectivity index (χ0v) is 10.7. The summed E-state index contributed by atoms with van der Waals surface area (Å²) in [6.45, 7) is 3.43. The van der Waals surface area contributed by atoms with E-state index in [1.807, 2.05) is 6.92 Å². The van der Waals surface area contributed by atoms with Gasteiger partial charge in [0, 0.05) is 19.1 Å². The van der Waals surface area contributed by atoms with Crippen LogP contribution in [0.2, 0.25) is 0 Å². The molecular formula is C10H18N2O4S. The molecule has 0 spiro atoms. The second-order valence-corrected chi connectivity index (χ2v) is 7.24. The Labute approximate surface area is 101 Å². The summed E-state index contributed by atoms with van der Waals surface area (Å²) < 4.78 is 27.9. The highest BCUT2D eigenvalue weighted by atomic mass is 32.2. The van der Waals surface area contributed by atoms with Crippen LogP contribution in [0.25, 0.3) is 0 Å². The van der Waals surface area contributed by atoms with Crippen LogP contribution in [-0.4, -0.2) is 57.2 Å². The third-order valence-corrected chi connectivity index (χ3v) is 4.92. The number of hydrogen-bond donors (Lipinski definition) is 2. The molecule has 2 rings (SSSR count). The molecule has 2 aliphatic rings. The van der Waals surface area contributed by atoms with Crippen LogP contribution in [0.4, 0.5) is 0 Å². The Kier molecular flexibility index (Phi) is 3.42. The van der Waals surface area contributed by atoms with Gasteiger partial charge < -0.3 is 15.4 Å². The standard InChI is InChI=1S/C10H18N2O4S/c1-10(6-11-7-10)16-4-9(13)12-8-2-3-17(14,15)5-8/h8,11H,2-7H2,1H3,(H,12,13). The molecule has 2 aliphatic heterocycles. The molecule has 6 nitrogen and oxygen atoms in total. The third-order valence-electron chi connectivity index (χ3n) is 3.15. The SMILES string of the molecule is CC1(OCC(=O)NC2CCS(=O)(=O)C2)CNC1. The molecule has 7 heteroatoms. The first-order valence-electron chi connectivity index (χ1n) is 5.73. The van der Waals surface area contributed by atoms with E-state index in [2.05, 4.69) is 10.6 Å². The number of amides is 1. The molecule has 2 N–H and O–H groups in total. The van der Waals surface area contributed by atoms with Crippen molar-refractivity contribution < 1.29 is 17.9 Å². The Morgan fingerprint density at radius 2 is 2.24 bits per heavy atom. The molecule has 0 aliphatic carbocycles. The number of sulfone groups is 1. The molecule has 1 amide bonds. The number of hydrogen-bond acceptors (Lipinski definition) is 5. The summed E-state index contributed by atoms with van der Waals surface area (Å²) in [6.07, 6.45) is 0.507. The number of nitrogens with one attached hydrogen (secondary N) is 2. The van der Waals surface area contributed by atoms with Crippen molar-refractivity contribution in [2.45, 2.75) is 25.0 Å². The molecule has 0 radical (unpaired) electrons. The largest absolute Gasteiger partial charge is 0.363 e. The lowest BCUT2D eigenvalue weighted by Crippen LogP contribution is -2.59. The lowest BCUT2D eigenvalue weighted by atomic mass is 10.0. The molecule has 0 aromatic heterocycles. The Bertz CT molecular complexity index is 403. The minimum absolute atomic E-state index is 0.00523. The van der Waals surface area contributed by atoms with Gasteiger partial charge in [0.2, 0.25) is 5.91 Å². The van der Waals surface area contributed by atoms with Crippen molar-refractivity contribution in [1.29, 1.82) is 0 Å². The predicted octanol–water partition coefficient (Wildman–Crippen LogP) is -1.33. The van der Waals surface area contributed by atoms with Crippen LogP contribution >= 0.6 is 0 Å². The molecule has 1 atom stereocenters. The van der Waals surface area contributed by atoms with Gasteiger partial charge in [-0.3, -0.25) is 4.79 Å². The maximum Gasteiger partial charge on any atom is 0.246 e. The molecule has 0 aromatic rings. The number of carbonyl (C=O) groups is 1. The van der Waals surface area contributed by atoms with Crippen molar-refractivity contribution in [2.75, 3.05) is 31.2 Å². The fourth-order valence-corrected chi connectivity index (χ4v) is 3.67. The van der Waals surface area contributed by atoms with Crippen molar-refractivity contribution in [3.8, 4) is 0 Å². The van der Waals surface area contributed by atoms with Crippen LogP contribution in [0, 0.1) is 0 Å². The van der Waals surface area contributed by atoms with Gasteiger partial charge in [-0.2, -0.15) is 0 Å². The van der Waals surface area contributed by atoms with Crippen LogP contribution in [0.1, 0.15) is 13.3 Å². The molecular weight excluding hydrogens is 244 g/mol. The van der Waals surface area contributed by atoms with Gasteiger partial charge in [-0.05, 0) is 13.3 Å². The van der Waals surface area contributed by atoms with Crippen molar-refractivity contribution in [1.82, 2.24) is 10.6 Å². The fourth-order valence-electron chi connectivity index (χ4n) is 2.00. The summed E-state index contributed by atoms with van der Waals surface area (Å²) in [7, 11) is -2.94. The average molecular weight is 262 g/mol. The Morgan fingerprint density at radius 1 is 1.53 bits per heavy atom. The third kappa shape index (κ3) is 3.40. The fraction of sp³-hybridized carbons (Fsp3) is 0.900. The first-order chi connectivity index (χ1) is 7.89. The summed E-state index contributed by atoms with van der Waals surface area (Å²) >= 11 is 0. The Morgan fingerprint density at radius 3 is 2.71 bits per heavy atom. The van der Waals surface area contributed by atoms with Crippen molar-refractivity contribution in [3.63, 3.8) is 0 Å². The van der Waals surface area contributed by atoms with Crippen LogP contribution in [0.15, 0.2) is 0 Å². The van der Waals surface area contributed by atoms with E-state index in [0.717, 1.165) is 13.1 Å². The minimum atomic E-state index is -2.94. The van der Waals surface area contributed by atoms with E-state index in [1.54, 1.807) is 0 Å². The normalized spacial score (nSPS) is 29.6. The molecule has 2 fully saturated rings. The maximum atomic E-state index is 11.5. The molecule has 0 saturated carbocycles. The van der Waals surface area contributed by atoms with Gasteiger partial charge >= 0.3 is 0 Å². The quantitative estimate of drug-likeness (QED) is 0.655. The van der Waals surface area contributed by atoms with E-state index >= 15 is 0 Å². The molecule has 2 heterocycles. The second kappa shape index (κ2) is 4.55. The number of rotatable bonds is 4. The first kappa shape index (κ1) is 12.8. The van der Waals surface area contributed by atoms with Gasteiger partial charge in [0.25, 0.3) is 0 Å². The highest BCUT2D eigenvalue weighted by Gasteiger charge is 2.34. The van der Waals surface area contributed by atoms with Crippen LogP contribution in [0.3, 0.4) is 0 Å². The smallest absolute Gasteiger partial charge is 0.246 e. The molecule has 17 heavy (non-hydrogen) atoms. The summed E-state index contributed by atoms with van der Waals surface area (Å²) in [5, 5.41) is 5.77. The Hall–Kier alpha value is -0.660. The van der Waals surface area contributed by atoms with E-state index in [4.69, 9.17) is 4.74 Å². The zero-order chi connectivity index (χ0) is 12.5. The highest BCUT2D eigenvalue weighted by Crippen LogP contribution is 2.15. The average Bonchev–Trinajstić information content (AvgIpc) is 2.52. The number of carbonyl (C=O) groups excluding carboxylic acids is 1. The lowest BCUT2D eigenvalue weighted by molar-refractivity contribution is -0.136. The van der Waals surface area contributed by atoms with Gasteiger partial charge in [0.05, 0.1) is 17.1 Å². The predicted molar refractivity (Wildman–Crippen MR) is 62.4 cm³/mol. The van der Waals surface area contributed by atoms with E-state index in [1.165, 1.54) is 0 Å². The van der Waals surface area contributed by atoms with E-state index < -0.39 is 9.84 Å². The minimum Gasteiger partial charge on any atom is -0.363 e. The summed E-state index contributed by atoms with van der Waals surface area (Å²) in [5.41, 5.74) is -0.251. The molecule has 98 valence electrons. The monoisotopic (exact) mass is 262 g/mol. The van der Waals surface area contributed by atoms with E-state index in [9.17, 15) is 13.2 Å². The van der Waals surface area contributed by atoms with Gasteiger partial charge in [0.1, 0.15) is 6.61 Å². The van der Waals surface area contributed by atoms with Gasteiger partial charge in [0.15, 0.2) is 9.84 Å². The van der Waals surface area contributed by atoms with E-state index in [0.29, 0.717) is 6.42 Å². The first-order valence-corrected chi connectivity index (χ1v) is 7.55. The molecule has 0 bridgehead atoms. The van der Waals surface area contributed by atoms with Crippen molar-refractivity contribution >= 4 is 15.7 Å². The van der Waals surface area contributed by atoms with Crippen LogP contribution in [-0.2, 0) is 19.4 Å². The van der Waals surface area contributed by atoms with Gasteiger partial charge in [-0.25, -0.2) is 8.42 Å². The molecule has 0 aromatic carbocycles. The van der Waals surface area contributed by atoms with Gasteiger partial charge in [-0.1, -0.05) is 0 Å². The summed E-state index contributed by atoms with van der Waals surface area (Å²) in [4.78, 5) is 11.5. The van der Waals surface area contributed by atoms with Crippen LogP contribution in [0.5, 0.6) is 0 Å². The lowest BCUT2D eigenvalue weighted by Gasteiger charge is -2.38.